The number of fused-ring (bicyclic) bond motifs is 1. The van der Waals surface area contributed by atoms with E-state index in [0.29, 0.717) is 29.9 Å². The van der Waals surface area contributed by atoms with Crippen LogP contribution in [0.2, 0.25) is 5.15 Å². The molecule has 14 heavy (non-hydrogen) atoms. The van der Waals surface area contributed by atoms with Crippen LogP contribution in [0.4, 0.5) is 11.5 Å². The van der Waals surface area contributed by atoms with Gasteiger partial charge < -0.3 is 10.2 Å². The van der Waals surface area contributed by atoms with Crippen LogP contribution < -0.4 is 10.2 Å². The molecular weight excluding hydrogens is 204 g/mol. The van der Waals surface area contributed by atoms with Gasteiger partial charge >= 0.3 is 0 Å². The molecule has 1 aliphatic rings. The van der Waals surface area contributed by atoms with Crippen LogP contribution in [0.1, 0.15) is 6.92 Å². The van der Waals surface area contributed by atoms with Crippen LogP contribution in [-0.2, 0) is 4.79 Å². The van der Waals surface area contributed by atoms with Gasteiger partial charge in [0.1, 0.15) is 17.8 Å². The van der Waals surface area contributed by atoms with Crippen molar-refractivity contribution in [1.29, 1.82) is 0 Å². The summed E-state index contributed by atoms with van der Waals surface area (Å²) in [6.07, 6.45) is 1.39. The van der Waals surface area contributed by atoms with Gasteiger partial charge in [0, 0.05) is 0 Å². The normalized spacial score (nSPS) is 13.7. The minimum atomic E-state index is 0.0829. The Morgan fingerprint density at radius 1 is 1.71 bits per heavy atom. The van der Waals surface area contributed by atoms with Gasteiger partial charge in [0.05, 0.1) is 13.2 Å². The van der Waals surface area contributed by atoms with Gasteiger partial charge in [-0.25, -0.2) is 9.97 Å². The van der Waals surface area contributed by atoms with Gasteiger partial charge in [0.25, 0.3) is 0 Å². The summed E-state index contributed by atoms with van der Waals surface area (Å²) in [5, 5.41) is 3.41. The standard InChI is InChI=1S/C8H9ClN4O/c1-5(14)2-13-4-12-8-6(13)7(9)10-3-11-8/h3H,2,4H2,1H3,(H,10,11,12). The molecular formula is C8H9ClN4O. The molecule has 1 aromatic rings. The number of hydrogen-bond acceptors (Lipinski definition) is 5. The second-order valence-electron chi connectivity index (χ2n) is 3.10. The highest BCUT2D eigenvalue weighted by Gasteiger charge is 2.23. The van der Waals surface area contributed by atoms with E-state index >= 15 is 0 Å². The summed E-state index contributed by atoms with van der Waals surface area (Å²) in [5.41, 5.74) is 0.712. The van der Waals surface area contributed by atoms with Crippen LogP contribution >= 0.6 is 11.6 Å². The number of carbonyl (C=O) groups excluding carboxylic acids is 1. The molecule has 0 spiro atoms. The number of carbonyl (C=O) groups is 1. The Hall–Kier alpha value is -1.36. The summed E-state index contributed by atoms with van der Waals surface area (Å²) < 4.78 is 0. The molecule has 74 valence electrons. The van der Waals surface area contributed by atoms with Gasteiger partial charge in [-0.05, 0) is 6.92 Å². The quantitative estimate of drug-likeness (QED) is 0.739. The minimum Gasteiger partial charge on any atom is -0.351 e. The first kappa shape index (κ1) is 9.21. The fourth-order valence-electron chi connectivity index (χ4n) is 1.42. The minimum absolute atomic E-state index is 0.0829. The Bertz CT molecular complexity index is 382. The van der Waals surface area contributed by atoms with Crippen molar-refractivity contribution in [3.8, 4) is 0 Å². The van der Waals surface area contributed by atoms with Crippen molar-refractivity contribution >= 4 is 28.9 Å². The Labute approximate surface area is 86.1 Å². The number of hydrogen-bond donors (Lipinski definition) is 1. The molecule has 0 atom stereocenters. The van der Waals surface area contributed by atoms with Gasteiger partial charge in [-0.15, -0.1) is 0 Å². The molecule has 0 radical (unpaired) electrons. The van der Waals surface area contributed by atoms with Crippen molar-refractivity contribution in [1.82, 2.24) is 9.97 Å². The smallest absolute Gasteiger partial charge is 0.158 e. The molecule has 0 aromatic carbocycles. The molecule has 6 heteroatoms. The van der Waals surface area contributed by atoms with E-state index in [9.17, 15) is 4.79 Å². The van der Waals surface area contributed by atoms with Gasteiger partial charge in [-0.2, -0.15) is 0 Å². The van der Waals surface area contributed by atoms with Crippen LogP contribution in [0.3, 0.4) is 0 Å². The molecule has 1 N–H and O–H groups in total. The van der Waals surface area contributed by atoms with E-state index in [1.807, 2.05) is 4.90 Å². The SMILES string of the molecule is CC(=O)CN1CNc2ncnc(Cl)c21. The first-order valence-electron chi connectivity index (χ1n) is 4.17. The zero-order valence-corrected chi connectivity index (χ0v) is 8.38. The van der Waals surface area contributed by atoms with Crippen molar-refractivity contribution < 1.29 is 4.79 Å². The fraction of sp³-hybridized carbons (Fsp3) is 0.375. The predicted octanol–water partition coefficient (Wildman–Crippen LogP) is 0.908. The summed E-state index contributed by atoms with van der Waals surface area (Å²) in [6.45, 7) is 2.41. The molecule has 2 heterocycles. The number of rotatable bonds is 2. The van der Waals surface area contributed by atoms with E-state index in [1.165, 1.54) is 13.3 Å². The Morgan fingerprint density at radius 2 is 2.50 bits per heavy atom. The van der Waals surface area contributed by atoms with Crippen LogP contribution in [0, 0.1) is 0 Å². The number of halogens is 1. The predicted molar refractivity (Wildman–Crippen MR) is 53.6 cm³/mol. The maximum atomic E-state index is 11.0. The number of ketones is 1. The van der Waals surface area contributed by atoms with Gasteiger partial charge in [-0.1, -0.05) is 11.6 Å². The largest absolute Gasteiger partial charge is 0.351 e. The van der Waals surface area contributed by atoms with E-state index in [0.717, 1.165) is 0 Å². The average Bonchev–Trinajstić information content (AvgIpc) is 2.49. The zero-order chi connectivity index (χ0) is 10.1. The summed E-state index contributed by atoms with van der Waals surface area (Å²) in [4.78, 5) is 20.7. The molecule has 0 bridgehead atoms. The number of nitrogens with zero attached hydrogens (tertiary/aromatic N) is 3. The third kappa shape index (κ3) is 1.50. The molecule has 0 saturated carbocycles. The Kier molecular flexibility index (Phi) is 2.25. The van der Waals surface area contributed by atoms with Crippen molar-refractivity contribution in [2.45, 2.75) is 6.92 Å². The number of aromatic nitrogens is 2. The molecule has 0 amide bonds. The van der Waals surface area contributed by atoms with Crippen LogP contribution in [0.25, 0.3) is 0 Å². The summed E-state index contributed by atoms with van der Waals surface area (Å²) >= 11 is 5.90. The Morgan fingerprint density at radius 3 is 3.21 bits per heavy atom. The second kappa shape index (κ2) is 3.42. The summed E-state index contributed by atoms with van der Waals surface area (Å²) in [5.74, 6) is 0.769. The van der Waals surface area contributed by atoms with Gasteiger partial charge in [0.15, 0.2) is 11.0 Å². The molecule has 0 unspecified atom stereocenters. The zero-order valence-electron chi connectivity index (χ0n) is 7.62. The fourth-order valence-corrected chi connectivity index (χ4v) is 1.67. The number of nitrogens with one attached hydrogen (secondary N) is 1. The van der Waals surface area contributed by atoms with Crippen LogP contribution in [0.15, 0.2) is 6.33 Å². The summed E-state index contributed by atoms with van der Waals surface area (Å²) in [6, 6.07) is 0. The average molecular weight is 213 g/mol. The lowest BCUT2D eigenvalue weighted by molar-refractivity contribution is -0.115. The van der Waals surface area contributed by atoms with E-state index in [-0.39, 0.29) is 5.78 Å². The van der Waals surface area contributed by atoms with Crippen molar-refractivity contribution in [3.63, 3.8) is 0 Å². The van der Waals surface area contributed by atoms with Crippen LogP contribution in [0.5, 0.6) is 0 Å². The van der Waals surface area contributed by atoms with E-state index in [1.54, 1.807) is 0 Å². The van der Waals surface area contributed by atoms with Crippen molar-refractivity contribution in [3.05, 3.63) is 11.5 Å². The van der Waals surface area contributed by atoms with E-state index in [2.05, 4.69) is 15.3 Å². The molecule has 0 fully saturated rings. The van der Waals surface area contributed by atoms with E-state index in [4.69, 9.17) is 11.6 Å². The lowest BCUT2D eigenvalue weighted by Gasteiger charge is -2.15. The third-order valence-electron chi connectivity index (χ3n) is 1.94. The molecule has 0 aliphatic carbocycles. The summed E-state index contributed by atoms with van der Waals surface area (Å²) in [7, 11) is 0. The molecule has 2 rings (SSSR count). The maximum absolute atomic E-state index is 11.0. The van der Waals surface area contributed by atoms with Crippen LogP contribution in [-0.4, -0.2) is 29.0 Å². The molecule has 1 aromatic heterocycles. The highest BCUT2D eigenvalue weighted by Crippen LogP contribution is 2.33. The monoisotopic (exact) mass is 212 g/mol. The van der Waals surface area contributed by atoms with Crippen molar-refractivity contribution in [2.75, 3.05) is 23.4 Å². The topological polar surface area (TPSA) is 58.1 Å². The third-order valence-corrected chi connectivity index (χ3v) is 2.22. The first-order chi connectivity index (χ1) is 6.68. The van der Waals surface area contributed by atoms with Gasteiger partial charge in [0.2, 0.25) is 0 Å². The lowest BCUT2D eigenvalue weighted by atomic mass is 10.4. The van der Waals surface area contributed by atoms with E-state index < -0.39 is 0 Å². The second-order valence-corrected chi connectivity index (χ2v) is 3.45. The first-order valence-corrected chi connectivity index (χ1v) is 4.55. The number of anilines is 2. The lowest BCUT2D eigenvalue weighted by Crippen LogP contribution is -2.28. The van der Waals surface area contributed by atoms with Crippen molar-refractivity contribution in [2.24, 2.45) is 0 Å². The van der Waals surface area contributed by atoms with Gasteiger partial charge in [-0.3, -0.25) is 4.79 Å². The Balaban J connectivity index is 2.33. The molecule has 5 nitrogen and oxygen atoms in total. The maximum Gasteiger partial charge on any atom is 0.158 e. The highest BCUT2D eigenvalue weighted by atomic mass is 35.5. The number of Topliss-reactive ketones (excluding diaryl/α,β-unsaturated/α-hetero) is 1. The highest BCUT2D eigenvalue weighted by molar-refractivity contribution is 6.32. The molecule has 1 aliphatic heterocycles. The molecule has 0 saturated heterocycles.